The van der Waals surface area contributed by atoms with Crippen LogP contribution in [-0.2, 0) is 0 Å². The van der Waals surface area contributed by atoms with E-state index in [1.54, 1.807) is 0 Å². The molecule has 0 aromatic heterocycles. The smallest absolute Gasteiger partial charge is 0.100 e. The molecule has 12 heavy (non-hydrogen) atoms. The van der Waals surface area contributed by atoms with Gasteiger partial charge in [-0.1, -0.05) is 34.1 Å². The molecule has 0 aromatic rings. The molecular formula is C11H23F. The van der Waals surface area contributed by atoms with Crippen LogP contribution in [0.5, 0.6) is 0 Å². The van der Waals surface area contributed by atoms with Crippen LogP contribution in [0.1, 0.15) is 53.4 Å². The van der Waals surface area contributed by atoms with E-state index in [0.717, 1.165) is 25.7 Å². The minimum Gasteiger partial charge on any atom is -0.247 e. The molecule has 0 N–H and O–H groups in total. The molecule has 0 aromatic carbocycles. The van der Waals surface area contributed by atoms with Gasteiger partial charge < -0.3 is 0 Å². The zero-order valence-electron chi connectivity index (χ0n) is 8.94. The van der Waals surface area contributed by atoms with Gasteiger partial charge in [0, 0.05) is 0 Å². The molecule has 2 atom stereocenters. The van der Waals surface area contributed by atoms with Crippen LogP contribution in [0.3, 0.4) is 0 Å². The standard InChI is InChI=1S/C11H23F/c1-5-10(4)8-11(12)7-6-9(2)3/h9-11H,5-8H2,1-4H3/t10-,11?/m1/s1. The van der Waals surface area contributed by atoms with Crippen LogP contribution in [0.2, 0.25) is 0 Å². The topological polar surface area (TPSA) is 0 Å². The van der Waals surface area contributed by atoms with Gasteiger partial charge in [0.2, 0.25) is 0 Å². The third kappa shape index (κ3) is 6.63. The van der Waals surface area contributed by atoms with Gasteiger partial charge in [0.1, 0.15) is 6.17 Å². The summed E-state index contributed by atoms with van der Waals surface area (Å²) in [6.07, 6.45) is 3.06. The van der Waals surface area contributed by atoms with Crippen molar-refractivity contribution in [2.24, 2.45) is 11.8 Å². The second-order valence-corrected chi connectivity index (χ2v) is 4.32. The third-order valence-corrected chi connectivity index (χ3v) is 2.41. The van der Waals surface area contributed by atoms with Crippen molar-refractivity contribution in [1.29, 1.82) is 0 Å². The first-order chi connectivity index (χ1) is 5.56. The molecule has 0 spiro atoms. The molecule has 1 unspecified atom stereocenters. The third-order valence-electron chi connectivity index (χ3n) is 2.41. The van der Waals surface area contributed by atoms with Crippen molar-refractivity contribution in [3.05, 3.63) is 0 Å². The zero-order chi connectivity index (χ0) is 9.56. The molecule has 0 rings (SSSR count). The van der Waals surface area contributed by atoms with Gasteiger partial charge in [0.25, 0.3) is 0 Å². The maximum absolute atomic E-state index is 13.2. The predicted molar refractivity (Wildman–Crippen MR) is 53.0 cm³/mol. The lowest BCUT2D eigenvalue weighted by Gasteiger charge is -2.13. The molecule has 0 saturated carbocycles. The Morgan fingerprint density at radius 2 is 1.67 bits per heavy atom. The highest BCUT2D eigenvalue weighted by Gasteiger charge is 2.10. The van der Waals surface area contributed by atoms with Gasteiger partial charge in [-0.25, -0.2) is 4.39 Å². The van der Waals surface area contributed by atoms with E-state index in [2.05, 4.69) is 27.7 Å². The number of hydrogen-bond acceptors (Lipinski definition) is 0. The van der Waals surface area contributed by atoms with Crippen LogP contribution in [0.25, 0.3) is 0 Å². The average Bonchev–Trinajstić information content (AvgIpc) is 2.00. The molecule has 0 aliphatic carbocycles. The molecule has 0 amide bonds. The molecule has 0 radical (unpaired) electrons. The normalized spacial score (nSPS) is 16.5. The van der Waals surface area contributed by atoms with Crippen LogP contribution < -0.4 is 0 Å². The summed E-state index contributed by atoms with van der Waals surface area (Å²) in [5.41, 5.74) is 0. The second-order valence-electron chi connectivity index (χ2n) is 4.32. The molecule has 0 aliphatic rings. The maximum Gasteiger partial charge on any atom is 0.100 e. The fraction of sp³-hybridized carbons (Fsp3) is 1.00. The van der Waals surface area contributed by atoms with Crippen LogP contribution in [0, 0.1) is 11.8 Å². The summed E-state index contributed by atoms with van der Waals surface area (Å²) >= 11 is 0. The van der Waals surface area contributed by atoms with Crippen molar-refractivity contribution < 1.29 is 4.39 Å². The molecule has 0 bridgehead atoms. The lowest BCUT2D eigenvalue weighted by molar-refractivity contribution is 0.244. The van der Waals surface area contributed by atoms with Gasteiger partial charge >= 0.3 is 0 Å². The van der Waals surface area contributed by atoms with Crippen LogP contribution in [0.4, 0.5) is 4.39 Å². The van der Waals surface area contributed by atoms with Crippen molar-refractivity contribution in [3.8, 4) is 0 Å². The van der Waals surface area contributed by atoms with Gasteiger partial charge in [-0.05, 0) is 31.1 Å². The molecular weight excluding hydrogens is 151 g/mol. The highest BCUT2D eigenvalue weighted by atomic mass is 19.1. The second kappa shape index (κ2) is 6.45. The molecule has 0 nitrogen and oxygen atoms in total. The fourth-order valence-corrected chi connectivity index (χ4v) is 1.24. The SMILES string of the molecule is CC[C@@H](C)CC(F)CCC(C)C. The molecule has 0 heterocycles. The summed E-state index contributed by atoms with van der Waals surface area (Å²) in [7, 11) is 0. The maximum atomic E-state index is 13.2. The van der Waals surface area contributed by atoms with Gasteiger partial charge in [-0.2, -0.15) is 0 Å². The molecule has 0 saturated heterocycles. The van der Waals surface area contributed by atoms with Crippen LogP contribution in [-0.4, -0.2) is 6.17 Å². The van der Waals surface area contributed by atoms with Gasteiger partial charge in [-0.15, -0.1) is 0 Å². The highest BCUT2D eigenvalue weighted by Crippen LogP contribution is 2.18. The molecule has 74 valence electrons. The van der Waals surface area contributed by atoms with E-state index in [4.69, 9.17) is 0 Å². The Balaban J connectivity index is 3.39. The summed E-state index contributed by atoms with van der Waals surface area (Å²) in [5, 5.41) is 0. The number of hydrogen-bond donors (Lipinski definition) is 0. The van der Waals surface area contributed by atoms with Crippen molar-refractivity contribution in [2.45, 2.75) is 59.5 Å². The highest BCUT2D eigenvalue weighted by molar-refractivity contribution is 4.62. The summed E-state index contributed by atoms with van der Waals surface area (Å²) < 4.78 is 13.2. The molecule has 0 aliphatic heterocycles. The summed E-state index contributed by atoms with van der Waals surface area (Å²) in [6.45, 7) is 8.55. The first-order valence-electron chi connectivity index (χ1n) is 5.20. The van der Waals surface area contributed by atoms with Crippen molar-refractivity contribution in [3.63, 3.8) is 0 Å². The number of halogens is 1. The van der Waals surface area contributed by atoms with E-state index in [0.29, 0.717) is 11.8 Å². The zero-order valence-corrected chi connectivity index (χ0v) is 8.94. The van der Waals surface area contributed by atoms with Gasteiger partial charge in [0.05, 0.1) is 0 Å². The fourth-order valence-electron chi connectivity index (χ4n) is 1.24. The summed E-state index contributed by atoms with van der Waals surface area (Å²) in [6, 6.07) is 0. The Hall–Kier alpha value is -0.0700. The van der Waals surface area contributed by atoms with Crippen molar-refractivity contribution >= 4 is 0 Å². The van der Waals surface area contributed by atoms with Crippen LogP contribution in [0.15, 0.2) is 0 Å². The van der Waals surface area contributed by atoms with E-state index < -0.39 is 6.17 Å². The minimum absolute atomic E-state index is 0.548. The Morgan fingerprint density at radius 3 is 2.08 bits per heavy atom. The Labute approximate surface area is 76.6 Å². The predicted octanol–water partition coefficient (Wildman–Crippen LogP) is 4.20. The lowest BCUT2D eigenvalue weighted by Crippen LogP contribution is -2.07. The van der Waals surface area contributed by atoms with Crippen LogP contribution >= 0.6 is 0 Å². The average molecular weight is 174 g/mol. The largest absolute Gasteiger partial charge is 0.247 e. The first kappa shape index (κ1) is 11.9. The van der Waals surface area contributed by atoms with Gasteiger partial charge in [0.15, 0.2) is 0 Å². The monoisotopic (exact) mass is 174 g/mol. The lowest BCUT2D eigenvalue weighted by atomic mass is 9.97. The van der Waals surface area contributed by atoms with E-state index >= 15 is 0 Å². The van der Waals surface area contributed by atoms with E-state index in [-0.39, 0.29) is 0 Å². The van der Waals surface area contributed by atoms with E-state index in [1.807, 2.05) is 0 Å². The first-order valence-corrected chi connectivity index (χ1v) is 5.20. The quantitative estimate of drug-likeness (QED) is 0.566. The number of rotatable bonds is 6. The van der Waals surface area contributed by atoms with Crippen molar-refractivity contribution in [1.82, 2.24) is 0 Å². The molecule has 1 heteroatoms. The van der Waals surface area contributed by atoms with E-state index in [1.165, 1.54) is 0 Å². The van der Waals surface area contributed by atoms with Crippen molar-refractivity contribution in [2.75, 3.05) is 0 Å². The van der Waals surface area contributed by atoms with Gasteiger partial charge in [-0.3, -0.25) is 0 Å². The number of alkyl halides is 1. The van der Waals surface area contributed by atoms with E-state index in [9.17, 15) is 4.39 Å². The minimum atomic E-state index is -0.567. The summed E-state index contributed by atoms with van der Waals surface area (Å²) in [4.78, 5) is 0. The Bertz CT molecular complexity index is 99.2. The Kier molecular flexibility index (Phi) is 6.41. The summed E-state index contributed by atoms with van der Waals surface area (Å²) in [5.74, 6) is 1.19. The Morgan fingerprint density at radius 1 is 1.08 bits per heavy atom. The molecule has 0 fully saturated rings.